The van der Waals surface area contributed by atoms with Crippen molar-refractivity contribution in [2.75, 3.05) is 5.32 Å². The number of hydrogen-bond donors (Lipinski definition) is 2. The van der Waals surface area contributed by atoms with Gasteiger partial charge in [0.25, 0.3) is 0 Å². The molecular formula is C27H35FN4O2. The van der Waals surface area contributed by atoms with Crippen LogP contribution in [0.15, 0.2) is 30.3 Å². The van der Waals surface area contributed by atoms with Gasteiger partial charge in [-0.2, -0.15) is 5.26 Å². The zero-order valence-corrected chi connectivity index (χ0v) is 20.7. The third kappa shape index (κ3) is 6.93. The van der Waals surface area contributed by atoms with Gasteiger partial charge in [0, 0.05) is 11.7 Å². The Morgan fingerprint density at radius 2 is 2.06 bits per heavy atom. The summed E-state index contributed by atoms with van der Waals surface area (Å²) in [5.41, 5.74) is 1.79. The summed E-state index contributed by atoms with van der Waals surface area (Å²) >= 11 is 0. The monoisotopic (exact) mass is 466 g/mol. The van der Waals surface area contributed by atoms with Crippen molar-refractivity contribution in [2.24, 2.45) is 11.8 Å². The summed E-state index contributed by atoms with van der Waals surface area (Å²) < 4.78 is 20.3. The molecule has 34 heavy (non-hydrogen) atoms. The van der Waals surface area contributed by atoms with Crippen molar-refractivity contribution >= 4 is 17.6 Å². The molecule has 0 unspecified atom stereocenters. The minimum absolute atomic E-state index is 0.105. The van der Waals surface area contributed by atoms with Crippen molar-refractivity contribution in [3.63, 3.8) is 0 Å². The Kier molecular flexibility index (Phi) is 8.14. The molecule has 6 nitrogen and oxygen atoms in total. The Hall–Kier alpha value is -3.14. The zero-order chi connectivity index (χ0) is 24.9. The second kappa shape index (κ2) is 10.9. The average molecular weight is 467 g/mol. The number of pyridine rings is 1. The molecule has 0 aliphatic heterocycles. The largest absolute Gasteiger partial charge is 0.444 e. The number of nitrogens with one attached hydrogen (secondary N) is 2. The van der Waals surface area contributed by atoms with Gasteiger partial charge in [0.15, 0.2) is 0 Å². The Balaban J connectivity index is 1.74. The maximum atomic E-state index is 14.8. The molecule has 1 aliphatic carbocycles. The van der Waals surface area contributed by atoms with Crippen molar-refractivity contribution in [1.82, 2.24) is 10.3 Å². The summed E-state index contributed by atoms with van der Waals surface area (Å²) in [4.78, 5) is 16.8. The molecule has 1 aliphatic rings. The highest BCUT2D eigenvalue weighted by molar-refractivity contribution is 5.68. The number of carbonyl (C=O) groups excluding carboxylic acids is 1. The van der Waals surface area contributed by atoms with Crippen LogP contribution in [-0.2, 0) is 11.2 Å². The van der Waals surface area contributed by atoms with E-state index in [1.165, 1.54) is 12.5 Å². The van der Waals surface area contributed by atoms with Crippen molar-refractivity contribution in [3.05, 3.63) is 53.0 Å². The fourth-order valence-corrected chi connectivity index (χ4v) is 4.41. The lowest BCUT2D eigenvalue weighted by Crippen LogP contribution is -2.44. The number of nitrogens with zero attached hydrogens (tertiary/aromatic N) is 2. The van der Waals surface area contributed by atoms with Crippen LogP contribution >= 0.6 is 0 Å². The predicted molar refractivity (Wildman–Crippen MR) is 131 cm³/mol. The number of anilines is 2. The van der Waals surface area contributed by atoms with Gasteiger partial charge in [-0.05, 0) is 83.1 Å². The second-order valence-electron chi connectivity index (χ2n) is 10.2. The summed E-state index contributed by atoms with van der Waals surface area (Å²) in [6.07, 6.45) is 4.05. The number of halogens is 1. The minimum Gasteiger partial charge on any atom is -0.444 e. The molecule has 0 spiro atoms. The maximum Gasteiger partial charge on any atom is 0.407 e. The summed E-state index contributed by atoms with van der Waals surface area (Å²) in [5, 5.41) is 15.6. The number of nitriles is 1. The molecule has 1 amide bonds. The molecule has 1 heterocycles. The molecule has 182 valence electrons. The molecule has 1 saturated carbocycles. The first-order valence-corrected chi connectivity index (χ1v) is 12.0. The normalized spacial score (nSPS) is 15.6. The van der Waals surface area contributed by atoms with Crippen LogP contribution in [0.3, 0.4) is 0 Å². The van der Waals surface area contributed by atoms with Crippen LogP contribution in [0, 0.1) is 35.9 Å². The summed E-state index contributed by atoms with van der Waals surface area (Å²) in [7, 11) is 0. The number of ether oxygens (including phenoxy) is 1. The lowest BCUT2D eigenvalue weighted by Gasteiger charge is -2.38. The lowest BCUT2D eigenvalue weighted by molar-refractivity contribution is 0.0458. The van der Waals surface area contributed by atoms with Gasteiger partial charge in [-0.3, -0.25) is 0 Å². The first-order valence-electron chi connectivity index (χ1n) is 12.0. The van der Waals surface area contributed by atoms with E-state index in [4.69, 9.17) is 4.74 Å². The van der Waals surface area contributed by atoms with Crippen molar-refractivity contribution in [3.8, 4) is 6.07 Å². The summed E-state index contributed by atoms with van der Waals surface area (Å²) in [6, 6.07) is 10.9. The Morgan fingerprint density at radius 3 is 2.65 bits per heavy atom. The second-order valence-corrected chi connectivity index (χ2v) is 10.2. The van der Waals surface area contributed by atoms with E-state index in [1.54, 1.807) is 0 Å². The minimum atomic E-state index is -0.563. The SMILES string of the molecule is Cc1cccc(Nc2nc(CC[C@H](C3CCC3)[C@H](C)NC(=O)OC(C)(C)C)c(F)cc2C#N)c1. The van der Waals surface area contributed by atoms with Gasteiger partial charge in [0.1, 0.15) is 23.3 Å². The fraction of sp³-hybridized carbons (Fsp3) is 0.519. The number of aromatic nitrogens is 1. The van der Waals surface area contributed by atoms with E-state index in [2.05, 4.69) is 15.6 Å². The summed E-state index contributed by atoms with van der Waals surface area (Å²) in [5.74, 6) is 0.540. The molecule has 1 aromatic carbocycles. The number of amides is 1. The molecule has 2 aromatic rings. The molecule has 1 fully saturated rings. The third-order valence-electron chi connectivity index (χ3n) is 6.31. The highest BCUT2D eigenvalue weighted by Crippen LogP contribution is 2.38. The molecule has 0 saturated heterocycles. The van der Waals surface area contributed by atoms with Crippen LogP contribution in [0.2, 0.25) is 0 Å². The van der Waals surface area contributed by atoms with Crippen LogP contribution in [0.4, 0.5) is 20.7 Å². The highest BCUT2D eigenvalue weighted by atomic mass is 19.1. The van der Waals surface area contributed by atoms with E-state index in [0.29, 0.717) is 30.3 Å². The van der Waals surface area contributed by atoms with Gasteiger partial charge in [-0.25, -0.2) is 14.2 Å². The van der Waals surface area contributed by atoms with E-state index < -0.39 is 17.5 Å². The van der Waals surface area contributed by atoms with Crippen molar-refractivity contribution < 1.29 is 13.9 Å². The molecular weight excluding hydrogens is 431 g/mol. The van der Waals surface area contributed by atoms with Crippen LogP contribution < -0.4 is 10.6 Å². The van der Waals surface area contributed by atoms with E-state index >= 15 is 0 Å². The first-order chi connectivity index (χ1) is 16.1. The average Bonchev–Trinajstić information content (AvgIpc) is 2.69. The Labute approximate surface area is 201 Å². The van der Waals surface area contributed by atoms with Crippen LogP contribution in [-0.4, -0.2) is 22.7 Å². The Morgan fingerprint density at radius 1 is 1.32 bits per heavy atom. The van der Waals surface area contributed by atoms with Crippen molar-refractivity contribution in [1.29, 1.82) is 5.26 Å². The van der Waals surface area contributed by atoms with E-state index in [1.807, 2.05) is 65.0 Å². The number of benzene rings is 1. The highest BCUT2D eigenvalue weighted by Gasteiger charge is 2.33. The standard InChI is InChI=1S/C27H35FN4O2/c1-17-8-6-11-21(14-17)31-25-20(16-29)15-23(28)24(32-25)13-12-22(19-9-7-10-19)18(2)30-26(33)34-27(3,4)5/h6,8,11,14-15,18-19,22H,7,9-10,12-13H2,1-5H3,(H,30,33)(H,31,32)/t18-,22-/m0/s1. The number of hydrogen-bond acceptors (Lipinski definition) is 5. The lowest BCUT2D eigenvalue weighted by atomic mass is 9.71. The van der Waals surface area contributed by atoms with Gasteiger partial charge in [-0.1, -0.05) is 31.4 Å². The van der Waals surface area contributed by atoms with E-state index in [0.717, 1.165) is 24.1 Å². The number of carbonyl (C=O) groups is 1. The number of alkyl carbamates (subject to hydrolysis) is 1. The van der Waals surface area contributed by atoms with Crippen LogP contribution in [0.25, 0.3) is 0 Å². The van der Waals surface area contributed by atoms with Gasteiger partial charge in [-0.15, -0.1) is 0 Å². The maximum absolute atomic E-state index is 14.8. The molecule has 1 aromatic heterocycles. The molecule has 0 radical (unpaired) electrons. The smallest absolute Gasteiger partial charge is 0.407 e. The van der Waals surface area contributed by atoms with Crippen molar-refractivity contribution in [2.45, 2.75) is 78.4 Å². The summed E-state index contributed by atoms with van der Waals surface area (Å²) in [6.45, 7) is 9.47. The molecule has 0 bridgehead atoms. The van der Waals surface area contributed by atoms with E-state index in [9.17, 15) is 14.4 Å². The van der Waals surface area contributed by atoms with Gasteiger partial charge in [0.05, 0.1) is 11.3 Å². The number of aryl methyl sites for hydroxylation is 2. The first kappa shape index (κ1) is 25.5. The fourth-order valence-electron chi connectivity index (χ4n) is 4.41. The molecule has 2 atom stereocenters. The zero-order valence-electron chi connectivity index (χ0n) is 20.7. The number of rotatable bonds is 8. The van der Waals surface area contributed by atoms with Gasteiger partial charge >= 0.3 is 6.09 Å². The van der Waals surface area contributed by atoms with Crippen LogP contribution in [0.5, 0.6) is 0 Å². The Bertz CT molecular complexity index is 1050. The van der Waals surface area contributed by atoms with Gasteiger partial charge < -0.3 is 15.4 Å². The molecule has 2 N–H and O–H groups in total. The molecule has 7 heteroatoms. The topological polar surface area (TPSA) is 87.0 Å². The molecule has 3 rings (SSSR count). The third-order valence-corrected chi connectivity index (χ3v) is 6.31. The van der Waals surface area contributed by atoms with Gasteiger partial charge in [0.2, 0.25) is 0 Å². The quantitative estimate of drug-likeness (QED) is 0.470. The van der Waals surface area contributed by atoms with Crippen LogP contribution in [0.1, 0.15) is 70.2 Å². The van der Waals surface area contributed by atoms with E-state index in [-0.39, 0.29) is 17.5 Å². The predicted octanol–water partition coefficient (Wildman–Crippen LogP) is 6.41.